The second-order valence-electron chi connectivity index (χ2n) is 4.71. The molecule has 16 heavy (non-hydrogen) atoms. The van der Waals surface area contributed by atoms with E-state index in [0.29, 0.717) is 17.4 Å². The van der Waals surface area contributed by atoms with Crippen LogP contribution in [0.25, 0.3) is 0 Å². The second kappa shape index (κ2) is 7.14. The van der Waals surface area contributed by atoms with E-state index in [4.69, 9.17) is 10.5 Å². The number of hydrogen-bond acceptors (Lipinski definition) is 4. The van der Waals surface area contributed by atoms with E-state index in [0.717, 1.165) is 6.61 Å². The SMILES string of the molecule is NC(CCCC1CCCO1)C1CSCCS1. The van der Waals surface area contributed by atoms with Crippen LogP contribution >= 0.6 is 23.5 Å². The first kappa shape index (κ1) is 13.1. The molecular formula is C12H23NOS2. The molecule has 0 aliphatic carbocycles. The van der Waals surface area contributed by atoms with E-state index in [-0.39, 0.29) is 0 Å². The smallest absolute Gasteiger partial charge is 0.0576 e. The average molecular weight is 261 g/mol. The molecule has 0 aromatic carbocycles. The van der Waals surface area contributed by atoms with Gasteiger partial charge in [-0.2, -0.15) is 23.5 Å². The summed E-state index contributed by atoms with van der Waals surface area (Å²) in [5, 5.41) is 0.697. The first-order valence-electron chi connectivity index (χ1n) is 6.43. The van der Waals surface area contributed by atoms with Gasteiger partial charge >= 0.3 is 0 Å². The van der Waals surface area contributed by atoms with Gasteiger partial charge in [0.05, 0.1) is 6.10 Å². The van der Waals surface area contributed by atoms with Gasteiger partial charge in [0.2, 0.25) is 0 Å². The number of ether oxygens (including phenoxy) is 1. The number of hydrogen-bond donors (Lipinski definition) is 1. The van der Waals surface area contributed by atoms with Crippen molar-refractivity contribution in [2.75, 3.05) is 23.9 Å². The van der Waals surface area contributed by atoms with E-state index in [9.17, 15) is 0 Å². The average Bonchev–Trinajstić information content (AvgIpc) is 2.83. The molecule has 2 heterocycles. The van der Waals surface area contributed by atoms with E-state index < -0.39 is 0 Å². The third kappa shape index (κ3) is 4.13. The van der Waals surface area contributed by atoms with E-state index in [1.54, 1.807) is 0 Å². The minimum atomic E-state index is 0.402. The third-order valence-electron chi connectivity index (χ3n) is 3.41. The summed E-state index contributed by atoms with van der Waals surface area (Å²) in [6, 6.07) is 0.402. The molecule has 2 aliphatic heterocycles. The molecule has 0 amide bonds. The van der Waals surface area contributed by atoms with Gasteiger partial charge in [-0.25, -0.2) is 0 Å². The van der Waals surface area contributed by atoms with Gasteiger partial charge in [0, 0.05) is 35.2 Å². The quantitative estimate of drug-likeness (QED) is 0.825. The van der Waals surface area contributed by atoms with Crippen LogP contribution in [0.1, 0.15) is 32.1 Å². The Balaban J connectivity index is 1.57. The monoisotopic (exact) mass is 261 g/mol. The Hall–Kier alpha value is 0.620. The first-order chi connectivity index (χ1) is 7.86. The Bertz CT molecular complexity index is 191. The van der Waals surface area contributed by atoms with Crippen molar-refractivity contribution in [2.45, 2.75) is 49.5 Å². The highest BCUT2D eigenvalue weighted by atomic mass is 32.2. The highest BCUT2D eigenvalue weighted by Crippen LogP contribution is 2.28. The van der Waals surface area contributed by atoms with Crippen molar-refractivity contribution in [3.8, 4) is 0 Å². The van der Waals surface area contributed by atoms with E-state index in [1.165, 1.54) is 49.4 Å². The Kier molecular flexibility index (Phi) is 5.83. The van der Waals surface area contributed by atoms with Gasteiger partial charge in [-0.05, 0) is 32.1 Å². The highest BCUT2D eigenvalue weighted by molar-refractivity contribution is 8.06. The molecule has 2 N–H and O–H groups in total. The zero-order valence-electron chi connectivity index (χ0n) is 9.90. The largest absolute Gasteiger partial charge is 0.378 e. The lowest BCUT2D eigenvalue weighted by atomic mass is 10.0. The first-order valence-corrected chi connectivity index (χ1v) is 8.63. The maximum Gasteiger partial charge on any atom is 0.0576 e. The molecule has 2 rings (SSSR count). The van der Waals surface area contributed by atoms with E-state index in [2.05, 4.69) is 23.5 Å². The molecule has 0 bridgehead atoms. The van der Waals surface area contributed by atoms with E-state index >= 15 is 0 Å². The van der Waals surface area contributed by atoms with Crippen molar-refractivity contribution in [2.24, 2.45) is 5.73 Å². The molecule has 2 fully saturated rings. The summed E-state index contributed by atoms with van der Waals surface area (Å²) in [5.41, 5.74) is 6.26. The minimum Gasteiger partial charge on any atom is -0.378 e. The van der Waals surface area contributed by atoms with Crippen LogP contribution in [0.5, 0.6) is 0 Å². The Morgan fingerprint density at radius 1 is 1.38 bits per heavy atom. The van der Waals surface area contributed by atoms with Crippen molar-refractivity contribution in [1.29, 1.82) is 0 Å². The molecular weight excluding hydrogens is 238 g/mol. The van der Waals surface area contributed by atoms with Crippen LogP contribution < -0.4 is 5.73 Å². The lowest BCUT2D eigenvalue weighted by Gasteiger charge is -2.26. The molecule has 0 radical (unpaired) electrons. The van der Waals surface area contributed by atoms with Gasteiger partial charge in [0.15, 0.2) is 0 Å². The van der Waals surface area contributed by atoms with Crippen LogP contribution in [-0.4, -0.2) is 41.3 Å². The van der Waals surface area contributed by atoms with Gasteiger partial charge < -0.3 is 10.5 Å². The maximum absolute atomic E-state index is 6.26. The summed E-state index contributed by atoms with van der Waals surface area (Å²) < 4.78 is 5.63. The molecule has 2 nitrogen and oxygen atoms in total. The summed E-state index contributed by atoms with van der Waals surface area (Å²) in [5.74, 6) is 3.85. The number of rotatable bonds is 5. The summed E-state index contributed by atoms with van der Waals surface area (Å²) >= 11 is 4.14. The van der Waals surface area contributed by atoms with E-state index in [1.807, 2.05) is 0 Å². The van der Waals surface area contributed by atoms with Crippen molar-refractivity contribution in [3.63, 3.8) is 0 Å². The normalized spacial score (nSPS) is 32.8. The van der Waals surface area contributed by atoms with Crippen molar-refractivity contribution in [1.82, 2.24) is 0 Å². The van der Waals surface area contributed by atoms with Crippen LogP contribution in [0.15, 0.2) is 0 Å². The van der Waals surface area contributed by atoms with Crippen molar-refractivity contribution >= 4 is 23.5 Å². The summed E-state index contributed by atoms with van der Waals surface area (Å²) in [4.78, 5) is 0. The zero-order chi connectivity index (χ0) is 11.2. The molecule has 0 aromatic rings. The fourth-order valence-electron chi connectivity index (χ4n) is 2.39. The van der Waals surface area contributed by atoms with Crippen LogP contribution in [0, 0.1) is 0 Å². The Morgan fingerprint density at radius 2 is 2.31 bits per heavy atom. The summed E-state index contributed by atoms with van der Waals surface area (Å²) in [7, 11) is 0. The predicted octanol–water partition coefficient (Wildman–Crippen LogP) is 2.51. The Labute approximate surface area is 107 Å². The molecule has 0 aromatic heterocycles. The zero-order valence-corrected chi connectivity index (χ0v) is 11.5. The minimum absolute atomic E-state index is 0.402. The second-order valence-corrected chi connectivity index (χ2v) is 7.21. The highest BCUT2D eigenvalue weighted by Gasteiger charge is 2.22. The van der Waals surface area contributed by atoms with Crippen LogP contribution in [0.4, 0.5) is 0 Å². The molecule has 2 aliphatic rings. The van der Waals surface area contributed by atoms with Gasteiger partial charge in [0.25, 0.3) is 0 Å². The lowest BCUT2D eigenvalue weighted by molar-refractivity contribution is 0.101. The molecule has 3 unspecified atom stereocenters. The van der Waals surface area contributed by atoms with Gasteiger partial charge in [-0.3, -0.25) is 0 Å². The molecule has 2 saturated heterocycles. The molecule has 0 saturated carbocycles. The standard InChI is InChI=1S/C12H23NOS2/c13-11(12-9-15-7-8-16-12)5-1-3-10-4-2-6-14-10/h10-12H,1-9,13H2. The van der Waals surface area contributed by atoms with Crippen molar-refractivity contribution < 1.29 is 4.74 Å². The molecule has 3 atom stereocenters. The fraction of sp³-hybridized carbons (Fsp3) is 1.00. The van der Waals surface area contributed by atoms with Gasteiger partial charge in [0.1, 0.15) is 0 Å². The molecule has 4 heteroatoms. The lowest BCUT2D eigenvalue weighted by Crippen LogP contribution is -2.36. The van der Waals surface area contributed by atoms with Crippen molar-refractivity contribution in [3.05, 3.63) is 0 Å². The van der Waals surface area contributed by atoms with Gasteiger partial charge in [-0.15, -0.1) is 0 Å². The summed E-state index contributed by atoms with van der Waals surface area (Å²) in [6.07, 6.45) is 6.71. The third-order valence-corrected chi connectivity index (χ3v) is 6.35. The Morgan fingerprint density at radius 3 is 3.00 bits per heavy atom. The van der Waals surface area contributed by atoms with Crippen LogP contribution in [0.3, 0.4) is 0 Å². The topological polar surface area (TPSA) is 35.2 Å². The summed E-state index contributed by atoms with van der Waals surface area (Å²) in [6.45, 7) is 0.978. The predicted molar refractivity (Wildman–Crippen MR) is 74.4 cm³/mol. The number of nitrogens with two attached hydrogens (primary N) is 1. The number of thioether (sulfide) groups is 2. The fourth-order valence-corrected chi connectivity index (χ4v) is 5.25. The molecule has 94 valence electrons. The molecule has 0 spiro atoms. The van der Waals surface area contributed by atoms with Crippen LogP contribution in [0.2, 0.25) is 0 Å². The van der Waals surface area contributed by atoms with Crippen LogP contribution in [-0.2, 0) is 4.74 Å². The van der Waals surface area contributed by atoms with Gasteiger partial charge in [-0.1, -0.05) is 0 Å². The maximum atomic E-state index is 6.26.